The van der Waals surface area contributed by atoms with Crippen LogP contribution in [0, 0.1) is 17.8 Å². The Hall–Kier alpha value is -2.16. The Balaban J connectivity index is 1.34. The lowest BCUT2D eigenvalue weighted by Gasteiger charge is -2.51. The van der Waals surface area contributed by atoms with E-state index in [1.807, 2.05) is 0 Å². The van der Waals surface area contributed by atoms with Crippen molar-refractivity contribution >= 4 is 87.5 Å². The Labute approximate surface area is 265 Å². The van der Waals surface area contributed by atoms with Crippen LogP contribution >= 0.6 is 63.7 Å². The number of carbonyl (C=O) groups is 2. The number of aliphatic hydroxyl groups is 2. The number of aliphatic imine (C=N–C) groups is 2. The molecule has 1 saturated carbocycles. The van der Waals surface area contributed by atoms with E-state index < -0.39 is 59.4 Å². The number of aliphatic hydroxyl groups excluding tert-OH is 1. The fourth-order valence-corrected chi connectivity index (χ4v) is 7.73. The normalized spacial score (nSPS) is 35.0. The van der Waals surface area contributed by atoms with Gasteiger partial charge in [0.25, 0.3) is 11.8 Å². The van der Waals surface area contributed by atoms with Crippen LogP contribution < -0.4 is 32.7 Å². The first-order valence-corrected chi connectivity index (χ1v) is 15.5. The van der Waals surface area contributed by atoms with Crippen LogP contribution in [0.2, 0.25) is 0 Å². The molecule has 0 aromatic carbocycles. The average Bonchev–Trinajstić information content (AvgIpc) is 3.66. The number of aromatic nitrogens is 2. The molecule has 2 aromatic rings. The number of guanidine groups is 2. The van der Waals surface area contributed by atoms with Crippen molar-refractivity contribution in [3.8, 4) is 0 Å². The number of nitrogens with one attached hydrogen (secondary N) is 6. The number of nitrogens with zero attached hydrogens (tertiary/aromatic N) is 2. The van der Waals surface area contributed by atoms with Crippen LogP contribution in [0.5, 0.6) is 0 Å². The molecule has 1 aliphatic carbocycles. The van der Waals surface area contributed by atoms with E-state index in [0.717, 1.165) is 0 Å². The Morgan fingerprint density at radius 1 is 0.902 bits per heavy atom. The summed E-state index contributed by atoms with van der Waals surface area (Å²) >= 11 is 13.3. The summed E-state index contributed by atoms with van der Waals surface area (Å²) < 4.78 is 8.51. The Bertz CT molecular complexity index is 1460. The van der Waals surface area contributed by atoms with Crippen LogP contribution in [0.4, 0.5) is 0 Å². The minimum Gasteiger partial charge on any atom is -0.390 e. The van der Waals surface area contributed by atoms with Crippen molar-refractivity contribution in [3.63, 3.8) is 0 Å². The summed E-state index contributed by atoms with van der Waals surface area (Å²) in [5, 5.41) is 35.5. The van der Waals surface area contributed by atoms with Crippen molar-refractivity contribution < 1.29 is 24.5 Å². The summed E-state index contributed by atoms with van der Waals surface area (Å²) in [6, 6.07) is 3.23. The van der Waals surface area contributed by atoms with E-state index in [-0.39, 0.29) is 36.4 Å². The summed E-state index contributed by atoms with van der Waals surface area (Å²) in [6.07, 6.45) is -3.45. The molecule has 4 unspecified atom stereocenters. The van der Waals surface area contributed by atoms with Gasteiger partial charge in [-0.15, -0.1) is 0 Å². The molecule has 6 rings (SSSR count). The molecule has 1 spiro atoms. The van der Waals surface area contributed by atoms with Crippen LogP contribution in [0.15, 0.2) is 40.3 Å². The molecule has 4 aliphatic rings. The number of hydrogen-bond acceptors (Lipinski definition) is 11. The first-order chi connectivity index (χ1) is 19.3. The van der Waals surface area contributed by atoms with Crippen molar-refractivity contribution in [1.29, 1.82) is 0 Å². The summed E-state index contributed by atoms with van der Waals surface area (Å²) in [4.78, 5) is 40.5. The minimum absolute atomic E-state index is 0.00854. The number of hydrogen-bond donors (Lipinski definition) is 10. The standard InChI is InChI=1S/C22H24Br4N10O5/c23-7-1-9(31-13(7)25)15(38)29-3-5-6(4-30-16(39)10-2-8(24)14(26)32-10)12(37)21-11(5)22(40)18(34-20(28)36-22)41-17(21)33-19(27)35-21/h1-2,5-6,11-12,17-18,31-32,37,40H,3-4H2,(H,29,38)(H,30,39)(H3,27,33,35)(H3,28,34,36)/t5?,6-,11?,12?,17+,18-,21+,22?/m1/s1. The van der Waals surface area contributed by atoms with E-state index in [9.17, 15) is 19.8 Å². The maximum absolute atomic E-state index is 13.1. The van der Waals surface area contributed by atoms with Crippen molar-refractivity contribution in [1.82, 2.24) is 31.2 Å². The van der Waals surface area contributed by atoms with E-state index in [1.54, 1.807) is 12.1 Å². The molecular weight excluding hydrogens is 804 g/mol. The SMILES string of the molecule is NC1=N[C@@H]2O[C@@H]3N=C(N)N[C@@]34C(O)[C@H](CNC(=O)c3cc(Br)c(Br)[nH]3)C(CNC(=O)c3cc(Br)c(Br)[nH]3)C4C2(O)N1. The van der Waals surface area contributed by atoms with Gasteiger partial charge < -0.3 is 57.7 Å². The number of nitrogens with two attached hydrogens (primary N) is 2. The Kier molecular flexibility index (Phi) is 7.22. The molecule has 15 nitrogen and oxygen atoms in total. The van der Waals surface area contributed by atoms with Gasteiger partial charge in [0, 0.05) is 24.9 Å². The van der Waals surface area contributed by atoms with E-state index in [2.05, 4.69) is 105 Å². The predicted molar refractivity (Wildman–Crippen MR) is 159 cm³/mol. The van der Waals surface area contributed by atoms with Gasteiger partial charge in [0.2, 0.25) is 6.23 Å². The van der Waals surface area contributed by atoms with E-state index >= 15 is 0 Å². The van der Waals surface area contributed by atoms with Gasteiger partial charge in [-0.2, -0.15) is 0 Å². The third-order valence-electron chi connectivity index (χ3n) is 8.03. The van der Waals surface area contributed by atoms with E-state index in [1.165, 1.54) is 0 Å². The van der Waals surface area contributed by atoms with Crippen LogP contribution in [0.3, 0.4) is 0 Å². The summed E-state index contributed by atoms with van der Waals surface area (Å²) in [6.45, 7) is -0.0420. The average molecular weight is 828 g/mol. The third-order valence-corrected chi connectivity index (χ3v) is 11.6. The van der Waals surface area contributed by atoms with E-state index in [4.69, 9.17) is 16.2 Å². The molecule has 3 aliphatic heterocycles. The van der Waals surface area contributed by atoms with Crippen molar-refractivity contribution in [2.75, 3.05) is 13.1 Å². The Morgan fingerprint density at radius 3 is 1.95 bits per heavy atom. The van der Waals surface area contributed by atoms with Crippen LogP contribution in [0.1, 0.15) is 21.0 Å². The summed E-state index contributed by atoms with van der Waals surface area (Å²) in [7, 11) is 0. The predicted octanol–water partition coefficient (Wildman–Crippen LogP) is -0.279. The highest BCUT2D eigenvalue weighted by atomic mass is 79.9. The molecular formula is C22H24Br4N10O5. The molecule has 8 atom stereocenters. The lowest BCUT2D eigenvalue weighted by atomic mass is 9.71. The van der Waals surface area contributed by atoms with Gasteiger partial charge in [0.1, 0.15) is 16.9 Å². The number of fused-ring (bicyclic) bond motifs is 2. The molecule has 41 heavy (non-hydrogen) atoms. The minimum atomic E-state index is -1.89. The number of H-pyrrole nitrogens is 2. The molecule has 5 heterocycles. The second kappa shape index (κ2) is 10.2. The quantitative estimate of drug-likeness (QED) is 0.184. The lowest BCUT2D eigenvalue weighted by Crippen LogP contribution is -2.76. The fraction of sp³-hybridized carbons (Fsp3) is 0.455. The molecule has 1 saturated heterocycles. The zero-order valence-electron chi connectivity index (χ0n) is 20.7. The van der Waals surface area contributed by atoms with Crippen LogP contribution in [-0.2, 0) is 4.74 Å². The van der Waals surface area contributed by atoms with Crippen molar-refractivity contribution in [2.45, 2.75) is 29.8 Å². The smallest absolute Gasteiger partial charge is 0.267 e. The first-order valence-electron chi connectivity index (χ1n) is 12.3. The number of carbonyl (C=O) groups excluding carboxylic acids is 2. The summed E-state index contributed by atoms with van der Waals surface area (Å²) in [5.74, 6) is -3.18. The lowest BCUT2D eigenvalue weighted by molar-refractivity contribution is -0.243. The van der Waals surface area contributed by atoms with Crippen molar-refractivity contribution in [3.05, 3.63) is 41.7 Å². The molecule has 19 heteroatoms. The van der Waals surface area contributed by atoms with Gasteiger partial charge in [0.15, 0.2) is 23.9 Å². The largest absolute Gasteiger partial charge is 0.390 e. The monoisotopic (exact) mass is 824 g/mol. The highest BCUT2D eigenvalue weighted by Crippen LogP contribution is 2.57. The van der Waals surface area contributed by atoms with Crippen LogP contribution in [0.25, 0.3) is 0 Å². The molecule has 2 fully saturated rings. The molecule has 0 bridgehead atoms. The number of rotatable bonds is 6. The second-order valence-electron chi connectivity index (χ2n) is 10.2. The highest BCUT2D eigenvalue weighted by Gasteiger charge is 2.76. The summed E-state index contributed by atoms with van der Waals surface area (Å²) in [5.41, 5.74) is 9.26. The molecule has 0 radical (unpaired) electrons. The fourth-order valence-electron chi connectivity index (χ4n) is 6.42. The van der Waals surface area contributed by atoms with Gasteiger partial charge in [-0.1, -0.05) is 0 Å². The Morgan fingerprint density at radius 2 is 1.41 bits per heavy atom. The van der Waals surface area contributed by atoms with Crippen LogP contribution in [-0.4, -0.2) is 86.8 Å². The van der Waals surface area contributed by atoms with E-state index in [0.29, 0.717) is 18.2 Å². The van der Waals surface area contributed by atoms with Gasteiger partial charge in [-0.25, -0.2) is 9.98 Å². The third kappa shape index (κ3) is 4.51. The van der Waals surface area contributed by atoms with Gasteiger partial charge >= 0.3 is 0 Å². The molecule has 220 valence electrons. The topological polar surface area (TPSA) is 240 Å². The number of halogens is 4. The maximum Gasteiger partial charge on any atom is 0.267 e. The van der Waals surface area contributed by atoms with Gasteiger partial charge in [0.05, 0.1) is 24.3 Å². The highest BCUT2D eigenvalue weighted by molar-refractivity contribution is 9.13. The number of amides is 2. The molecule has 12 N–H and O–H groups in total. The number of ether oxygens (including phenoxy) is 1. The molecule has 2 aromatic heterocycles. The molecule has 2 amide bonds. The maximum atomic E-state index is 13.1. The number of aromatic amines is 2. The first kappa shape index (κ1) is 28.9. The van der Waals surface area contributed by atoms with Gasteiger partial charge in [-0.3, -0.25) is 9.59 Å². The zero-order valence-corrected chi connectivity index (χ0v) is 27.1. The zero-order chi connectivity index (χ0) is 29.4. The van der Waals surface area contributed by atoms with Gasteiger partial charge in [-0.05, 0) is 81.8 Å². The van der Waals surface area contributed by atoms with Crippen molar-refractivity contribution in [2.24, 2.45) is 39.2 Å². The second-order valence-corrected chi connectivity index (χ2v) is 13.5.